The zero-order valence-electron chi connectivity index (χ0n) is 14.9. The fraction of sp³-hybridized carbons (Fsp3) is 0.421. The summed E-state index contributed by atoms with van der Waals surface area (Å²) in [5.41, 5.74) is 1.26. The maximum absolute atomic E-state index is 13.1. The van der Waals surface area contributed by atoms with Gasteiger partial charge in [0.1, 0.15) is 11.6 Å². The van der Waals surface area contributed by atoms with Crippen molar-refractivity contribution in [2.75, 3.05) is 28.0 Å². The Morgan fingerprint density at radius 1 is 1.12 bits per heavy atom. The van der Waals surface area contributed by atoms with E-state index in [2.05, 4.69) is 9.88 Å². The summed E-state index contributed by atoms with van der Waals surface area (Å²) in [7, 11) is -3.48. The largest absolute Gasteiger partial charge is 0.357 e. The molecule has 3 rings (SSSR count). The minimum atomic E-state index is -3.48. The number of pyridine rings is 1. The number of anilines is 2. The Kier molecular flexibility index (Phi) is 5.76. The average molecular weight is 377 g/mol. The maximum atomic E-state index is 13.1. The molecule has 0 spiro atoms. The Balaban J connectivity index is 1.88. The third-order valence-corrected chi connectivity index (χ3v) is 6.42. The van der Waals surface area contributed by atoms with Gasteiger partial charge in [-0.05, 0) is 49.1 Å². The number of nitrogens with zero attached hydrogens (tertiary/aromatic N) is 3. The van der Waals surface area contributed by atoms with Crippen LogP contribution in [0.5, 0.6) is 0 Å². The van der Waals surface area contributed by atoms with Gasteiger partial charge in [-0.3, -0.25) is 4.31 Å². The Labute approximate surface area is 154 Å². The van der Waals surface area contributed by atoms with Crippen LogP contribution in [-0.2, 0) is 16.6 Å². The monoisotopic (exact) mass is 377 g/mol. The molecule has 0 radical (unpaired) electrons. The van der Waals surface area contributed by atoms with Crippen LogP contribution in [-0.4, -0.2) is 32.2 Å². The van der Waals surface area contributed by atoms with Gasteiger partial charge >= 0.3 is 0 Å². The summed E-state index contributed by atoms with van der Waals surface area (Å²) in [6.07, 6.45) is 4.46. The van der Waals surface area contributed by atoms with Gasteiger partial charge in [-0.1, -0.05) is 19.1 Å². The minimum Gasteiger partial charge on any atom is -0.357 e. The van der Waals surface area contributed by atoms with Crippen LogP contribution in [0.15, 0.2) is 42.6 Å². The van der Waals surface area contributed by atoms with Gasteiger partial charge in [-0.25, -0.2) is 17.8 Å². The number of rotatable bonds is 7. The van der Waals surface area contributed by atoms with Crippen molar-refractivity contribution < 1.29 is 12.8 Å². The number of halogens is 1. The van der Waals surface area contributed by atoms with Crippen molar-refractivity contribution in [2.45, 2.75) is 32.7 Å². The van der Waals surface area contributed by atoms with E-state index in [1.54, 1.807) is 24.4 Å². The molecule has 26 heavy (non-hydrogen) atoms. The molecule has 0 atom stereocenters. The first kappa shape index (κ1) is 18.6. The zero-order valence-corrected chi connectivity index (χ0v) is 15.8. The van der Waals surface area contributed by atoms with Gasteiger partial charge in [0.15, 0.2) is 0 Å². The van der Waals surface area contributed by atoms with Crippen molar-refractivity contribution in [1.82, 2.24) is 4.98 Å². The third-order valence-electron chi connectivity index (χ3n) is 4.49. The highest BCUT2D eigenvalue weighted by Crippen LogP contribution is 2.25. The van der Waals surface area contributed by atoms with Crippen LogP contribution in [0.25, 0.3) is 0 Å². The molecule has 1 aromatic heterocycles. The van der Waals surface area contributed by atoms with Crippen molar-refractivity contribution >= 4 is 21.5 Å². The van der Waals surface area contributed by atoms with Crippen LogP contribution < -0.4 is 9.21 Å². The number of sulfonamides is 1. The molecule has 0 unspecified atom stereocenters. The second kappa shape index (κ2) is 8.03. The SMILES string of the molecule is CCCS(=O)(=O)N(Cc1ccc(F)cc1)c1ccc(N2CCCC2)nc1. The van der Waals surface area contributed by atoms with Crippen LogP contribution >= 0.6 is 0 Å². The molecule has 1 aromatic carbocycles. The number of benzene rings is 1. The first-order valence-electron chi connectivity index (χ1n) is 8.95. The first-order valence-corrected chi connectivity index (χ1v) is 10.6. The van der Waals surface area contributed by atoms with E-state index in [1.165, 1.54) is 16.4 Å². The Morgan fingerprint density at radius 2 is 1.81 bits per heavy atom. The lowest BCUT2D eigenvalue weighted by Crippen LogP contribution is -2.32. The Hall–Kier alpha value is -2.15. The van der Waals surface area contributed by atoms with E-state index in [-0.39, 0.29) is 18.1 Å². The molecule has 0 amide bonds. The number of hydrogen-bond donors (Lipinski definition) is 0. The van der Waals surface area contributed by atoms with Gasteiger partial charge in [-0.15, -0.1) is 0 Å². The highest BCUT2D eigenvalue weighted by Gasteiger charge is 2.23. The van der Waals surface area contributed by atoms with E-state index < -0.39 is 10.0 Å². The summed E-state index contributed by atoms with van der Waals surface area (Å²) in [5, 5.41) is 0. The predicted octanol–water partition coefficient (Wildman–Crippen LogP) is 3.57. The van der Waals surface area contributed by atoms with Crippen molar-refractivity contribution in [3.8, 4) is 0 Å². The highest BCUT2D eigenvalue weighted by atomic mass is 32.2. The summed E-state index contributed by atoms with van der Waals surface area (Å²) in [4.78, 5) is 6.67. The zero-order chi connectivity index (χ0) is 18.6. The fourth-order valence-electron chi connectivity index (χ4n) is 3.13. The molecule has 1 aliphatic rings. The highest BCUT2D eigenvalue weighted by molar-refractivity contribution is 7.92. The third kappa shape index (κ3) is 4.33. The second-order valence-corrected chi connectivity index (χ2v) is 8.53. The van der Waals surface area contributed by atoms with Gasteiger partial charge in [0.2, 0.25) is 10.0 Å². The standard InChI is InChI=1S/C19H24FN3O2S/c1-2-13-26(24,25)23(15-16-5-7-17(20)8-6-16)18-9-10-19(21-14-18)22-11-3-4-12-22/h5-10,14H,2-4,11-13,15H2,1H3. The predicted molar refractivity (Wildman–Crippen MR) is 102 cm³/mol. The van der Waals surface area contributed by atoms with Gasteiger partial charge in [0.05, 0.1) is 24.2 Å². The van der Waals surface area contributed by atoms with E-state index in [9.17, 15) is 12.8 Å². The summed E-state index contributed by atoms with van der Waals surface area (Å²) >= 11 is 0. The molecule has 0 aliphatic carbocycles. The molecule has 1 saturated heterocycles. The van der Waals surface area contributed by atoms with Crippen LogP contribution in [0, 0.1) is 5.82 Å². The molecular formula is C19H24FN3O2S. The van der Waals surface area contributed by atoms with Crippen LogP contribution in [0.4, 0.5) is 15.9 Å². The second-order valence-electron chi connectivity index (χ2n) is 6.52. The molecule has 0 bridgehead atoms. The normalized spacial score (nSPS) is 14.6. The average Bonchev–Trinajstić information content (AvgIpc) is 3.16. The van der Waals surface area contributed by atoms with Crippen molar-refractivity contribution in [1.29, 1.82) is 0 Å². The molecule has 1 aliphatic heterocycles. The molecule has 5 nitrogen and oxygen atoms in total. The van der Waals surface area contributed by atoms with Crippen LogP contribution in [0.3, 0.4) is 0 Å². The van der Waals surface area contributed by atoms with Gasteiger partial charge < -0.3 is 4.90 Å². The summed E-state index contributed by atoms with van der Waals surface area (Å²) in [6, 6.07) is 9.58. The smallest absolute Gasteiger partial charge is 0.235 e. The molecular weight excluding hydrogens is 353 g/mol. The molecule has 0 saturated carbocycles. The quantitative estimate of drug-likeness (QED) is 0.740. The van der Waals surface area contributed by atoms with E-state index >= 15 is 0 Å². The lowest BCUT2D eigenvalue weighted by molar-refractivity contribution is 0.589. The van der Waals surface area contributed by atoms with Crippen molar-refractivity contribution in [3.05, 3.63) is 54.0 Å². The van der Waals surface area contributed by atoms with E-state index in [0.717, 1.165) is 37.3 Å². The fourth-order valence-corrected chi connectivity index (χ4v) is 4.64. The summed E-state index contributed by atoms with van der Waals surface area (Å²) in [5.74, 6) is 0.594. The molecule has 1 fully saturated rings. The van der Waals surface area contributed by atoms with Crippen molar-refractivity contribution in [2.24, 2.45) is 0 Å². The minimum absolute atomic E-state index is 0.0576. The lowest BCUT2D eigenvalue weighted by atomic mass is 10.2. The van der Waals surface area contributed by atoms with Gasteiger partial charge in [-0.2, -0.15) is 0 Å². The van der Waals surface area contributed by atoms with E-state index in [0.29, 0.717) is 12.1 Å². The number of aromatic nitrogens is 1. The molecule has 0 N–H and O–H groups in total. The van der Waals surface area contributed by atoms with E-state index in [4.69, 9.17) is 0 Å². The summed E-state index contributed by atoms with van der Waals surface area (Å²) < 4.78 is 40.0. The van der Waals surface area contributed by atoms with E-state index in [1.807, 2.05) is 13.0 Å². The molecule has 2 heterocycles. The Bertz CT molecular complexity index is 817. The summed E-state index contributed by atoms with van der Waals surface area (Å²) in [6.45, 7) is 3.97. The molecule has 140 valence electrons. The maximum Gasteiger partial charge on any atom is 0.235 e. The van der Waals surface area contributed by atoms with Gasteiger partial charge in [0, 0.05) is 13.1 Å². The van der Waals surface area contributed by atoms with Gasteiger partial charge in [0.25, 0.3) is 0 Å². The Morgan fingerprint density at radius 3 is 2.38 bits per heavy atom. The molecule has 7 heteroatoms. The van der Waals surface area contributed by atoms with Crippen LogP contribution in [0.1, 0.15) is 31.7 Å². The van der Waals surface area contributed by atoms with Crippen LogP contribution in [0.2, 0.25) is 0 Å². The lowest BCUT2D eigenvalue weighted by Gasteiger charge is -2.25. The molecule has 2 aromatic rings. The number of hydrogen-bond acceptors (Lipinski definition) is 4. The topological polar surface area (TPSA) is 53.5 Å². The first-order chi connectivity index (χ1) is 12.5. The van der Waals surface area contributed by atoms with Crippen molar-refractivity contribution in [3.63, 3.8) is 0 Å².